The summed E-state index contributed by atoms with van der Waals surface area (Å²) in [6.45, 7) is 6.29. The molecule has 0 aliphatic heterocycles. The van der Waals surface area contributed by atoms with E-state index in [0.29, 0.717) is 29.5 Å². The van der Waals surface area contributed by atoms with Gasteiger partial charge in [-0.05, 0) is 31.7 Å². The highest BCUT2D eigenvalue weighted by atomic mass is 16.5. The van der Waals surface area contributed by atoms with E-state index in [1.165, 1.54) is 6.07 Å². The maximum atomic E-state index is 11.0. The third-order valence-corrected chi connectivity index (χ3v) is 3.38. The molecule has 1 aromatic carbocycles. The van der Waals surface area contributed by atoms with Crippen molar-refractivity contribution < 1.29 is 24.5 Å². The van der Waals surface area contributed by atoms with Gasteiger partial charge >= 0.3 is 0 Å². The van der Waals surface area contributed by atoms with E-state index < -0.39 is 0 Å². The number of aromatic hydroxyl groups is 1. The molecule has 0 saturated carbocycles. The van der Waals surface area contributed by atoms with Crippen molar-refractivity contribution in [1.82, 2.24) is 4.90 Å². The number of phenols is 1. The molecule has 0 unspecified atom stereocenters. The molecule has 0 aliphatic carbocycles. The van der Waals surface area contributed by atoms with Crippen LogP contribution in [0, 0.1) is 0 Å². The molecule has 0 fully saturated rings. The molecule has 0 bridgehead atoms. The van der Waals surface area contributed by atoms with Crippen LogP contribution in [0.25, 0.3) is 5.57 Å². The van der Waals surface area contributed by atoms with Crippen LogP contribution in [-0.4, -0.2) is 48.1 Å². The summed E-state index contributed by atoms with van der Waals surface area (Å²) < 4.78 is 5.08. The Balaban J connectivity index is 3.45. The summed E-state index contributed by atoms with van der Waals surface area (Å²) in [6, 6.07) is 3.03. The van der Waals surface area contributed by atoms with Crippen molar-refractivity contribution in [2.45, 2.75) is 13.5 Å². The molecule has 0 aromatic heterocycles. The maximum absolute atomic E-state index is 11.0. The number of aliphatic hydroxyl groups is 1. The first-order valence-electron chi connectivity index (χ1n) is 7.05. The molecule has 1 rings (SSSR count). The van der Waals surface area contributed by atoms with Gasteiger partial charge in [0, 0.05) is 24.2 Å². The number of aliphatic hydroxyl groups excluding tert-OH is 1. The quantitative estimate of drug-likeness (QED) is 0.407. The normalized spacial score (nSPS) is 11.4. The number of likely N-dealkylation sites (N-methyl/N-ethyl adjacent to an activating group) is 1. The summed E-state index contributed by atoms with van der Waals surface area (Å²) in [5.74, 6) is 0.128. The number of ether oxygens (including phenoxy) is 1. The number of carbonyl (C=O) groups excluding carboxylic acids is 2. The lowest BCUT2D eigenvalue weighted by molar-refractivity contribution is -0.120. The van der Waals surface area contributed by atoms with Gasteiger partial charge in [-0.25, -0.2) is 0 Å². The lowest BCUT2D eigenvalue weighted by Gasteiger charge is -2.20. The lowest BCUT2D eigenvalue weighted by Crippen LogP contribution is -2.22. The van der Waals surface area contributed by atoms with E-state index in [1.807, 2.05) is 0 Å². The Morgan fingerprint density at radius 3 is 2.61 bits per heavy atom. The highest BCUT2D eigenvalue weighted by Gasteiger charge is 2.19. The molecule has 0 amide bonds. The van der Waals surface area contributed by atoms with Crippen molar-refractivity contribution >= 4 is 18.3 Å². The van der Waals surface area contributed by atoms with Gasteiger partial charge in [0.15, 0.2) is 0 Å². The zero-order valence-corrected chi connectivity index (χ0v) is 13.3. The average molecular weight is 319 g/mol. The Hall–Kier alpha value is -2.44. The summed E-state index contributed by atoms with van der Waals surface area (Å²) in [6.07, 6.45) is 2.30. The number of aldehydes is 1. The average Bonchev–Trinajstić information content (AvgIpc) is 2.53. The van der Waals surface area contributed by atoms with Crippen LogP contribution in [0.2, 0.25) is 0 Å². The van der Waals surface area contributed by atoms with Crippen LogP contribution >= 0.6 is 0 Å². The second-order valence-electron chi connectivity index (χ2n) is 4.96. The minimum Gasteiger partial charge on any atom is -0.507 e. The van der Waals surface area contributed by atoms with E-state index >= 15 is 0 Å². The molecule has 0 spiro atoms. The van der Waals surface area contributed by atoms with Gasteiger partial charge < -0.3 is 14.9 Å². The van der Waals surface area contributed by atoms with E-state index in [0.717, 1.165) is 0 Å². The van der Waals surface area contributed by atoms with Crippen molar-refractivity contribution in [3.05, 3.63) is 41.5 Å². The molecule has 6 heteroatoms. The lowest BCUT2D eigenvalue weighted by atomic mass is 9.95. The molecule has 124 valence electrons. The molecular formula is C17H21NO5. The summed E-state index contributed by atoms with van der Waals surface area (Å²) in [7, 11) is 1.76. The smallest absolute Gasteiger partial charge is 0.298 e. The highest BCUT2D eigenvalue weighted by Crippen LogP contribution is 2.38. The minimum absolute atomic E-state index is 0.0388. The second kappa shape index (κ2) is 8.87. The monoisotopic (exact) mass is 319 g/mol. The number of allylic oxidation sites excluding steroid dienone is 3. The second-order valence-corrected chi connectivity index (χ2v) is 4.96. The SMILES string of the molecule is C=C(C=O)/C(=C/C)c1ccc(O)c(CN(C)CCO)c1OC=O. The minimum atomic E-state index is -0.0393. The number of hydrogen-bond acceptors (Lipinski definition) is 6. The Morgan fingerprint density at radius 1 is 1.39 bits per heavy atom. The van der Waals surface area contributed by atoms with Gasteiger partial charge in [-0.3, -0.25) is 14.5 Å². The summed E-state index contributed by atoms with van der Waals surface area (Å²) in [5, 5.41) is 19.1. The van der Waals surface area contributed by atoms with Gasteiger partial charge in [0.1, 0.15) is 17.8 Å². The Kier molecular flexibility index (Phi) is 7.18. The summed E-state index contributed by atoms with van der Waals surface area (Å²) >= 11 is 0. The molecule has 6 nitrogen and oxygen atoms in total. The highest BCUT2D eigenvalue weighted by molar-refractivity contribution is 5.99. The molecule has 0 aliphatic rings. The van der Waals surface area contributed by atoms with E-state index in [-0.39, 0.29) is 36.7 Å². The Bertz CT molecular complexity index is 622. The van der Waals surface area contributed by atoms with Crippen LogP contribution in [-0.2, 0) is 16.1 Å². The zero-order chi connectivity index (χ0) is 17.4. The molecule has 0 atom stereocenters. The van der Waals surface area contributed by atoms with Crippen LogP contribution in [0.3, 0.4) is 0 Å². The summed E-state index contributed by atoms with van der Waals surface area (Å²) in [5.41, 5.74) is 1.64. The van der Waals surface area contributed by atoms with E-state index in [2.05, 4.69) is 6.58 Å². The van der Waals surface area contributed by atoms with Gasteiger partial charge in [0.05, 0.1) is 12.2 Å². The number of benzene rings is 1. The van der Waals surface area contributed by atoms with Gasteiger partial charge in [-0.1, -0.05) is 12.7 Å². The third-order valence-electron chi connectivity index (χ3n) is 3.38. The third kappa shape index (κ3) is 4.51. The standard InChI is InChI=1S/C17H21NO5/c1-4-13(12(2)10-20)14-5-6-16(22)15(17(14)23-11-21)9-18(3)7-8-19/h4-6,10-11,19,22H,2,7-9H2,1,3H3/b13-4-. The van der Waals surface area contributed by atoms with Crippen molar-refractivity contribution in [2.75, 3.05) is 20.2 Å². The number of hydrogen-bond donors (Lipinski definition) is 2. The van der Waals surface area contributed by atoms with E-state index in [9.17, 15) is 14.7 Å². The number of carbonyl (C=O) groups is 2. The predicted molar refractivity (Wildman–Crippen MR) is 87.1 cm³/mol. The van der Waals surface area contributed by atoms with Crippen LogP contribution in [0.15, 0.2) is 30.4 Å². The first kappa shape index (κ1) is 18.6. The fraction of sp³-hybridized carbons (Fsp3) is 0.294. The number of phenolic OH excluding ortho intramolecular Hbond substituents is 1. The van der Waals surface area contributed by atoms with Crippen LogP contribution in [0.5, 0.6) is 11.5 Å². The molecule has 23 heavy (non-hydrogen) atoms. The van der Waals surface area contributed by atoms with Crippen LogP contribution < -0.4 is 4.74 Å². The van der Waals surface area contributed by atoms with Gasteiger partial charge in [0.25, 0.3) is 6.47 Å². The van der Waals surface area contributed by atoms with Crippen molar-refractivity contribution in [1.29, 1.82) is 0 Å². The molecule has 0 heterocycles. The van der Waals surface area contributed by atoms with Gasteiger partial charge in [-0.2, -0.15) is 0 Å². The van der Waals surface area contributed by atoms with Crippen LogP contribution in [0.1, 0.15) is 18.1 Å². The largest absolute Gasteiger partial charge is 0.507 e. The molecule has 2 N–H and O–H groups in total. The van der Waals surface area contributed by atoms with Gasteiger partial charge in [0.2, 0.25) is 0 Å². The molecule has 1 aromatic rings. The fourth-order valence-electron chi connectivity index (χ4n) is 2.26. The first-order chi connectivity index (χ1) is 11.0. The van der Waals surface area contributed by atoms with Gasteiger partial charge in [-0.15, -0.1) is 0 Å². The van der Waals surface area contributed by atoms with Crippen molar-refractivity contribution in [3.63, 3.8) is 0 Å². The Labute approximate surface area is 135 Å². The molecule has 0 radical (unpaired) electrons. The topological polar surface area (TPSA) is 87.1 Å². The van der Waals surface area contributed by atoms with E-state index in [4.69, 9.17) is 9.84 Å². The van der Waals surface area contributed by atoms with E-state index in [1.54, 1.807) is 31.0 Å². The summed E-state index contributed by atoms with van der Waals surface area (Å²) in [4.78, 5) is 23.7. The predicted octanol–water partition coefficient (Wildman–Crippen LogP) is 1.51. The Morgan fingerprint density at radius 2 is 2.09 bits per heavy atom. The first-order valence-corrected chi connectivity index (χ1v) is 7.05. The fourth-order valence-corrected chi connectivity index (χ4v) is 2.26. The zero-order valence-electron chi connectivity index (χ0n) is 13.3. The maximum Gasteiger partial charge on any atom is 0.298 e. The van der Waals surface area contributed by atoms with Crippen molar-refractivity contribution in [2.24, 2.45) is 0 Å². The number of nitrogens with zero attached hydrogens (tertiary/aromatic N) is 1. The molecule has 0 saturated heterocycles. The van der Waals surface area contributed by atoms with Crippen LogP contribution in [0.4, 0.5) is 0 Å². The molecular weight excluding hydrogens is 298 g/mol. The van der Waals surface area contributed by atoms with Crippen molar-refractivity contribution in [3.8, 4) is 11.5 Å². The number of rotatable bonds is 9.